The van der Waals surface area contributed by atoms with E-state index in [0.29, 0.717) is 10.9 Å². The molecule has 0 atom stereocenters. The zero-order valence-corrected chi connectivity index (χ0v) is 12.2. The Kier molecular flexibility index (Phi) is 5.15. The van der Waals surface area contributed by atoms with Crippen LogP contribution in [0.15, 0.2) is 22.7 Å². The number of rotatable bonds is 6. The molecule has 0 saturated carbocycles. The highest BCUT2D eigenvalue weighted by Gasteiger charge is 2.13. The Morgan fingerprint density at radius 1 is 1.44 bits per heavy atom. The Hall–Kier alpha value is -1.08. The highest BCUT2D eigenvalue weighted by Crippen LogP contribution is 2.22. The molecule has 0 aliphatic rings. The second kappa shape index (κ2) is 6.19. The van der Waals surface area contributed by atoms with Gasteiger partial charge in [0.15, 0.2) is 0 Å². The van der Waals surface area contributed by atoms with E-state index in [4.69, 9.17) is 5.11 Å². The van der Waals surface area contributed by atoms with Crippen molar-refractivity contribution in [3.05, 3.63) is 28.2 Å². The van der Waals surface area contributed by atoms with Gasteiger partial charge in [-0.05, 0) is 40.5 Å². The average Bonchev–Trinajstić information content (AvgIpc) is 2.28. The molecule has 0 heterocycles. The van der Waals surface area contributed by atoms with Crippen LogP contribution in [0.1, 0.15) is 30.1 Å². The second-order valence-electron chi connectivity index (χ2n) is 3.77. The van der Waals surface area contributed by atoms with Crippen LogP contribution in [0.3, 0.4) is 0 Å². The number of carbonyl (C=O) groups is 1. The molecule has 1 rings (SSSR count). The number of unbranched alkanes of at least 4 members (excludes halogenated alkanes) is 1. The van der Waals surface area contributed by atoms with Gasteiger partial charge in [0.2, 0.25) is 10.0 Å². The summed E-state index contributed by atoms with van der Waals surface area (Å²) in [4.78, 5) is 10.9. The van der Waals surface area contributed by atoms with E-state index >= 15 is 0 Å². The molecule has 0 spiro atoms. The van der Waals surface area contributed by atoms with Crippen LogP contribution in [-0.4, -0.2) is 25.2 Å². The number of hydrogen-bond acceptors (Lipinski definition) is 3. The van der Waals surface area contributed by atoms with Crippen LogP contribution in [0.5, 0.6) is 0 Å². The molecular formula is C11H14BrNO4S. The van der Waals surface area contributed by atoms with Gasteiger partial charge in [-0.15, -0.1) is 0 Å². The molecule has 5 nitrogen and oxygen atoms in total. The Balaban J connectivity index is 2.92. The fraction of sp³-hybridized carbons (Fsp3) is 0.364. The molecule has 0 unspecified atom stereocenters. The van der Waals surface area contributed by atoms with Crippen molar-refractivity contribution < 1.29 is 18.3 Å². The maximum atomic E-state index is 11.7. The number of anilines is 1. The molecule has 0 radical (unpaired) electrons. The maximum Gasteiger partial charge on any atom is 0.336 e. The molecule has 0 fully saturated rings. The predicted octanol–water partition coefficient (Wildman–Crippen LogP) is 2.69. The molecule has 0 aliphatic heterocycles. The van der Waals surface area contributed by atoms with Crippen molar-refractivity contribution >= 4 is 37.6 Å². The monoisotopic (exact) mass is 335 g/mol. The number of benzene rings is 1. The van der Waals surface area contributed by atoms with Crippen LogP contribution in [-0.2, 0) is 10.0 Å². The predicted molar refractivity (Wildman–Crippen MR) is 73.4 cm³/mol. The third-order valence-corrected chi connectivity index (χ3v) is 4.30. The normalized spacial score (nSPS) is 11.2. The number of carboxylic acids is 1. The summed E-state index contributed by atoms with van der Waals surface area (Å²) in [5.74, 6) is -1.08. The molecule has 1 aromatic rings. The molecule has 0 aromatic heterocycles. The molecule has 18 heavy (non-hydrogen) atoms. The van der Waals surface area contributed by atoms with E-state index in [2.05, 4.69) is 20.7 Å². The minimum absolute atomic E-state index is 0.0192. The lowest BCUT2D eigenvalue weighted by atomic mass is 10.2. The van der Waals surface area contributed by atoms with Gasteiger partial charge in [0, 0.05) is 10.2 Å². The fourth-order valence-electron chi connectivity index (χ4n) is 1.32. The van der Waals surface area contributed by atoms with Crippen LogP contribution in [0.2, 0.25) is 0 Å². The third-order valence-electron chi connectivity index (χ3n) is 2.24. The first kappa shape index (κ1) is 15.0. The van der Waals surface area contributed by atoms with Crippen molar-refractivity contribution in [3.63, 3.8) is 0 Å². The summed E-state index contributed by atoms with van der Waals surface area (Å²) in [6.07, 6.45) is 1.35. The lowest BCUT2D eigenvalue weighted by Crippen LogP contribution is -2.16. The lowest BCUT2D eigenvalue weighted by Gasteiger charge is -2.08. The van der Waals surface area contributed by atoms with Crippen molar-refractivity contribution in [2.45, 2.75) is 19.8 Å². The zero-order chi connectivity index (χ0) is 13.8. The molecule has 2 N–H and O–H groups in total. The zero-order valence-electron chi connectivity index (χ0n) is 9.81. The van der Waals surface area contributed by atoms with Crippen molar-refractivity contribution in [1.29, 1.82) is 0 Å². The molecule has 0 saturated heterocycles. The summed E-state index contributed by atoms with van der Waals surface area (Å²) in [6, 6.07) is 4.30. The maximum absolute atomic E-state index is 11.7. The number of hydrogen-bond donors (Lipinski definition) is 2. The Labute approximate surface area is 114 Å². The largest absolute Gasteiger partial charge is 0.478 e. The lowest BCUT2D eigenvalue weighted by molar-refractivity contribution is 0.0696. The van der Waals surface area contributed by atoms with Gasteiger partial charge in [-0.25, -0.2) is 13.2 Å². The Bertz CT molecular complexity index is 542. The van der Waals surface area contributed by atoms with Crippen LogP contribution >= 0.6 is 15.9 Å². The second-order valence-corrected chi connectivity index (χ2v) is 6.47. The van der Waals surface area contributed by atoms with E-state index in [9.17, 15) is 13.2 Å². The molecular weight excluding hydrogens is 322 g/mol. The summed E-state index contributed by atoms with van der Waals surface area (Å²) < 4.78 is 26.1. The molecule has 0 amide bonds. The van der Waals surface area contributed by atoms with Crippen LogP contribution in [0, 0.1) is 0 Å². The summed E-state index contributed by atoms with van der Waals surface area (Å²) >= 11 is 3.09. The SMILES string of the molecule is CCCCS(=O)(=O)Nc1ccc(Br)c(C(=O)O)c1. The van der Waals surface area contributed by atoms with Gasteiger partial charge in [-0.3, -0.25) is 4.72 Å². The molecule has 7 heteroatoms. The summed E-state index contributed by atoms with van der Waals surface area (Å²) in [7, 11) is -3.41. The topological polar surface area (TPSA) is 83.5 Å². The number of halogens is 1. The van der Waals surface area contributed by atoms with Crippen LogP contribution in [0.25, 0.3) is 0 Å². The minimum Gasteiger partial charge on any atom is -0.478 e. The summed E-state index contributed by atoms with van der Waals surface area (Å²) in [6.45, 7) is 1.90. The van der Waals surface area contributed by atoms with Gasteiger partial charge in [-0.2, -0.15) is 0 Å². The highest BCUT2D eigenvalue weighted by atomic mass is 79.9. The van der Waals surface area contributed by atoms with Gasteiger partial charge in [-0.1, -0.05) is 13.3 Å². The first-order valence-electron chi connectivity index (χ1n) is 5.39. The van der Waals surface area contributed by atoms with Gasteiger partial charge in [0.05, 0.1) is 11.3 Å². The average molecular weight is 336 g/mol. The number of nitrogens with one attached hydrogen (secondary N) is 1. The van der Waals surface area contributed by atoms with E-state index in [1.165, 1.54) is 18.2 Å². The van der Waals surface area contributed by atoms with Gasteiger partial charge in [0.1, 0.15) is 0 Å². The molecule has 0 aliphatic carbocycles. The van der Waals surface area contributed by atoms with E-state index in [1.807, 2.05) is 6.92 Å². The van der Waals surface area contributed by atoms with Crippen molar-refractivity contribution in [3.8, 4) is 0 Å². The summed E-state index contributed by atoms with van der Waals surface area (Å²) in [5, 5.41) is 8.92. The first-order valence-corrected chi connectivity index (χ1v) is 7.83. The van der Waals surface area contributed by atoms with Crippen molar-refractivity contribution in [1.82, 2.24) is 0 Å². The first-order chi connectivity index (χ1) is 8.35. The highest BCUT2D eigenvalue weighted by molar-refractivity contribution is 9.10. The standard InChI is InChI=1S/C11H14BrNO4S/c1-2-3-6-18(16,17)13-8-4-5-10(12)9(7-8)11(14)15/h4-5,7,13H,2-3,6H2,1H3,(H,14,15). The van der Waals surface area contributed by atoms with Crippen molar-refractivity contribution in [2.75, 3.05) is 10.5 Å². The molecule has 100 valence electrons. The van der Waals surface area contributed by atoms with Gasteiger partial charge in [0.25, 0.3) is 0 Å². The van der Waals surface area contributed by atoms with E-state index < -0.39 is 16.0 Å². The van der Waals surface area contributed by atoms with E-state index in [0.717, 1.165) is 6.42 Å². The minimum atomic E-state index is -3.41. The van der Waals surface area contributed by atoms with E-state index in [1.54, 1.807) is 0 Å². The number of sulfonamides is 1. The Morgan fingerprint density at radius 2 is 2.11 bits per heavy atom. The fourth-order valence-corrected chi connectivity index (χ4v) is 2.99. The molecule has 1 aromatic carbocycles. The van der Waals surface area contributed by atoms with Crippen molar-refractivity contribution in [2.24, 2.45) is 0 Å². The Morgan fingerprint density at radius 3 is 2.67 bits per heavy atom. The van der Waals surface area contributed by atoms with Crippen LogP contribution < -0.4 is 4.72 Å². The third kappa shape index (κ3) is 4.30. The van der Waals surface area contributed by atoms with Gasteiger partial charge >= 0.3 is 5.97 Å². The molecule has 0 bridgehead atoms. The van der Waals surface area contributed by atoms with Crippen LogP contribution in [0.4, 0.5) is 5.69 Å². The summed E-state index contributed by atoms with van der Waals surface area (Å²) in [5.41, 5.74) is 0.275. The smallest absolute Gasteiger partial charge is 0.336 e. The van der Waals surface area contributed by atoms with E-state index in [-0.39, 0.29) is 17.0 Å². The quantitative estimate of drug-likeness (QED) is 0.837. The van der Waals surface area contributed by atoms with Gasteiger partial charge < -0.3 is 5.11 Å². The number of carboxylic acid groups (broad SMARTS) is 1. The number of aromatic carboxylic acids is 1.